The number of hydrogen-bond donors (Lipinski definition) is 2. The maximum atomic E-state index is 12.2. The molecule has 180 valence electrons. The number of guanidine groups is 1. The molecule has 1 atom stereocenters. The van der Waals surface area contributed by atoms with Gasteiger partial charge < -0.3 is 15.5 Å². The normalized spacial score (nSPS) is 14.6. The van der Waals surface area contributed by atoms with Crippen molar-refractivity contribution >= 4 is 35.8 Å². The maximum absolute atomic E-state index is 12.2. The summed E-state index contributed by atoms with van der Waals surface area (Å²) in [6.07, 6.45) is 1.94. The predicted octanol–water partition coefficient (Wildman–Crippen LogP) is 3.55. The highest BCUT2D eigenvalue weighted by atomic mass is 127. The Hall–Kier alpha value is -2.13. The Labute approximate surface area is 215 Å². The van der Waals surface area contributed by atoms with Gasteiger partial charge in [-0.25, -0.2) is 0 Å². The first kappa shape index (κ1) is 27.1. The van der Waals surface area contributed by atoms with Gasteiger partial charge in [0.25, 0.3) is 5.91 Å². The number of fused-ring (bicyclic) bond motifs is 1. The molecule has 2 aromatic rings. The molecule has 0 bridgehead atoms. The van der Waals surface area contributed by atoms with Gasteiger partial charge in [0, 0.05) is 51.9 Å². The number of nitrogens with one attached hydrogen (secondary N) is 2. The van der Waals surface area contributed by atoms with Crippen LogP contribution in [0.2, 0.25) is 0 Å². The van der Waals surface area contributed by atoms with Crippen molar-refractivity contribution in [1.82, 2.24) is 20.4 Å². The van der Waals surface area contributed by atoms with E-state index in [2.05, 4.69) is 59.7 Å². The highest BCUT2D eigenvalue weighted by Gasteiger charge is 2.20. The smallest absolute Gasteiger partial charge is 0.253 e. The highest BCUT2D eigenvalue weighted by molar-refractivity contribution is 14.0. The first-order chi connectivity index (χ1) is 15.5. The van der Waals surface area contributed by atoms with Crippen LogP contribution in [0.5, 0.6) is 0 Å². The van der Waals surface area contributed by atoms with E-state index in [0.717, 1.165) is 62.7 Å². The predicted molar refractivity (Wildman–Crippen MR) is 148 cm³/mol. The third-order valence-electron chi connectivity index (χ3n) is 5.93. The average Bonchev–Trinajstić information content (AvgIpc) is 2.81. The van der Waals surface area contributed by atoms with E-state index in [1.165, 1.54) is 11.1 Å². The van der Waals surface area contributed by atoms with Crippen molar-refractivity contribution in [1.29, 1.82) is 0 Å². The zero-order valence-corrected chi connectivity index (χ0v) is 22.6. The first-order valence-electron chi connectivity index (χ1n) is 11.6. The minimum Gasteiger partial charge on any atom is -0.357 e. The third-order valence-corrected chi connectivity index (χ3v) is 5.93. The summed E-state index contributed by atoms with van der Waals surface area (Å²) in [5, 5.41) is 6.79. The van der Waals surface area contributed by atoms with Crippen LogP contribution in [-0.4, -0.2) is 68.0 Å². The zero-order valence-electron chi connectivity index (χ0n) is 20.3. The largest absolute Gasteiger partial charge is 0.357 e. The number of nitrogens with zero attached hydrogens (tertiary/aromatic N) is 3. The van der Waals surface area contributed by atoms with Crippen LogP contribution in [-0.2, 0) is 19.4 Å². The minimum atomic E-state index is 0. The van der Waals surface area contributed by atoms with Crippen molar-refractivity contribution in [2.45, 2.75) is 39.3 Å². The van der Waals surface area contributed by atoms with Gasteiger partial charge in [-0.05, 0) is 55.5 Å². The lowest BCUT2D eigenvalue weighted by Gasteiger charge is -2.33. The molecule has 1 unspecified atom stereocenters. The molecule has 1 aliphatic heterocycles. The quantitative estimate of drug-likeness (QED) is 0.293. The van der Waals surface area contributed by atoms with Crippen LogP contribution in [0.4, 0.5) is 0 Å². The minimum absolute atomic E-state index is 0. The molecule has 1 heterocycles. The van der Waals surface area contributed by atoms with Crippen molar-refractivity contribution in [3.8, 4) is 0 Å². The number of carbonyl (C=O) groups excluding carboxylic acids is 1. The van der Waals surface area contributed by atoms with Gasteiger partial charge in [-0.15, -0.1) is 24.0 Å². The molecule has 3 rings (SSSR count). The number of aliphatic imine (C=N–C) groups is 1. The van der Waals surface area contributed by atoms with Crippen molar-refractivity contribution in [2.75, 3.05) is 40.3 Å². The van der Waals surface area contributed by atoms with Crippen LogP contribution in [0.3, 0.4) is 0 Å². The third kappa shape index (κ3) is 7.99. The fourth-order valence-corrected chi connectivity index (χ4v) is 4.02. The Morgan fingerprint density at radius 2 is 1.88 bits per heavy atom. The summed E-state index contributed by atoms with van der Waals surface area (Å²) in [7, 11) is 3.55. The Balaban J connectivity index is 0.00000385. The zero-order chi connectivity index (χ0) is 22.9. The summed E-state index contributed by atoms with van der Waals surface area (Å²) >= 11 is 0. The fourth-order valence-electron chi connectivity index (χ4n) is 4.02. The monoisotopic (exact) mass is 563 g/mol. The van der Waals surface area contributed by atoms with Gasteiger partial charge >= 0.3 is 0 Å². The second-order valence-corrected chi connectivity index (χ2v) is 8.63. The summed E-state index contributed by atoms with van der Waals surface area (Å²) in [5.74, 6) is 0.876. The molecule has 0 spiro atoms. The average molecular weight is 564 g/mol. The molecule has 1 amide bonds. The Kier molecular flexibility index (Phi) is 11.1. The Morgan fingerprint density at radius 1 is 1.12 bits per heavy atom. The summed E-state index contributed by atoms with van der Waals surface area (Å²) in [5.41, 5.74) is 4.78. The summed E-state index contributed by atoms with van der Waals surface area (Å²) < 4.78 is 0. The lowest BCUT2D eigenvalue weighted by Crippen LogP contribution is -2.42. The van der Waals surface area contributed by atoms with Gasteiger partial charge in [0.1, 0.15) is 0 Å². The maximum Gasteiger partial charge on any atom is 0.253 e. The molecule has 33 heavy (non-hydrogen) atoms. The Bertz CT molecular complexity index is 930. The highest BCUT2D eigenvalue weighted by Crippen LogP contribution is 2.20. The van der Waals surface area contributed by atoms with Crippen LogP contribution in [0, 0.1) is 0 Å². The van der Waals surface area contributed by atoms with Crippen molar-refractivity contribution < 1.29 is 4.79 Å². The second-order valence-electron chi connectivity index (χ2n) is 8.63. The lowest BCUT2D eigenvalue weighted by molar-refractivity contribution is 0.0827. The summed E-state index contributed by atoms with van der Waals surface area (Å²) in [6.45, 7) is 8.76. The summed E-state index contributed by atoms with van der Waals surface area (Å²) in [4.78, 5) is 21.1. The van der Waals surface area contributed by atoms with Crippen LogP contribution in [0.25, 0.3) is 0 Å². The first-order valence-corrected chi connectivity index (χ1v) is 11.6. The molecule has 0 saturated heterocycles. The molecular weight excluding hydrogens is 525 g/mol. The number of halogens is 1. The molecule has 2 aromatic carbocycles. The fraction of sp³-hybridized carbons (Fsp3) is 0.462. The molecular formula is C26H38IN5O. The van der Waals surface area contributed by atoms with Crippen LogP contribution in [0.15, 0.2) is 53.5 Å². The molecule has 6 nitrogen and oxygen atoms in total. The number of amides is 1. The molecule has 0 aliphatic carbocycles. The van der Waals surface area contributed by atoms with Gasteiger partial charge in [-0.2, -0.15) is 0 Å². The van der Waals surface area contributed by atoms with Crippen LogP contribution < -0.4 is 10.6 Å². The van der Waals surface area contributed by atoms with E-state index in [0.29, 0.717) is 6.04 Å². The van der Waals surface area contributed by atoms with E-state index in [1.54, 1.807) is 19.0 Å². The molecule has 2 N–H and O–H groups in total. The van der Waals surface area contributed by atoms with Crippen molar-refractivity contribution in [2.24, 2.45) is 4.99 Å². The van der Waals surface area contributed by atoms with E-state index in [-0.39, 0.29) is 29.9 Å². The number of rotatable bonds is 8. The summed E-state index contributed by atoms with van der Waals surface area (Å²) in [6, 6.07) is 17.0. The van der Waals surface area contributed by atoms with Crippen LogP contribution in [0.1, 0.15) is 40.9 Å². The second kappa shape index (κ2) is 13.5. The molecule has 0 aromatic heterocycles. The van der Waals surface area contributed by atoms with E-state index in [4.69, 9.17) is 4.99 Å². The van der Waals surface area contributed by atoms with Gasteiger partial charge in [0.15, 0.2) is 5.96 Å². The lowest BCUT2D eigenvalue weighted by atomic mass is 9.99. The van der Waals surface area contributed by atoms with Crippen molar-refractivity contribution in [3.05, 3.63) is 70.8 Å². The number of hydrogen-bond acceptors (Lipinski definition) is 3. The van der Waals surface area contributed by atoms with E-state index in [1.807, 2.05) is 18.2 Å². The Morgan fingerprint density at radius 3 is 2.61 bits per heavy atom. The molecule has 0 radical (unpaired) electrons. The van der Waals surface area contributed by atoms with E-state index in [9.17, 15) is 4.79 Å². The molecule has 1 aliphatic rings. The SMILES string of the molecule is CCNC(=NCC(C)N1CCc2ccccc2C1)NCCc1cccc(C(=O)N(C)C)c1.I. The van der Waals surface area contributed by atoms with Crippen LogP contribution >= 0.6 is 24.0 Å². The molecule has 0 saturated carbocycles. The van der Waals surface area contributed by atoms with Gasteiger partial charge in [-0.1, -0.05) is 36.4 Å². The number of carbonyl (C=O) groups is 1. The van der Waals surface area contributed by atoms with Gasteiger partial charge in [-0.3, -0.25) is 14.7 Å². The van der Waals surface area contributed by atoms with Gasteiger partial charge in [0.2, 0.25) is 0 Å². The topological polar surface area (TPSA) is 60.0 Å². The van der Waals surface area contributed by atoms with E-state index >= 15 is 0 Å². The standard InChI is InChI=1S/C26H37N5O.HI/c1-5-27-26(28-15-13-21-9-8-12-23(17-21)25(32)30(3)4)29-18-20(2)31-16-14-22-10-6-7-11-24(22)19-31;/h6-12,17,20H,5,13-16,18-19H2,1-4H3,(H2,27,28,29);1H. The van der Waals surface area contributed by atoms with E-state index < -0.39 is 0 Å². The van der Waals surface area contributed by atoms with Gasteiger partial charge in [0.05, 0.1) is 6.54 Å². The number of benzene rings is 2. The molecule has 7 heteroatoms. The van der Waals surface area contributed by atoms with Crippen molar-refractivity contribution in [3.63, 3.8) is 0 Å². The molecule has 0 fully saturated rings.